The molecule has 0 saturated heterocycles. The maximum Gasteiger partial charge on any atom is 0.343 e. The summed E-state index contributed by atoms with van der Waals surface area (Å²) >= 11 is 9.66. The normalized spacial score (nSPS) is 11.2. The number of hydrogen-bond donors (Lipinski definition) is 2. The lowest BCUT2D eigenvalue weighted by Gasteiger charge is -2.21. The van der Waals surface area contributed by atoms with Crippen LogP contribution in [0.2, 0.25) is 5.02 Å². The van der Waals surface area contributed by atoms with Gasteiger partial charge < -0.3 is 19.7 Å². The van der Waals surface area contributed by atoms with Gasteiger partial charge >= 0.3 is 5.97 Å². The van der Waals surface area contributed by atoms with Gasteiger partial charge in [-0.25, -0.2) is 10.2 Å². The Balaban J connectivity index is 1.54. The number of carbonyl (C=O) groups excluding carboxylic acids is 3. The molecule has 0 heterocycles. The number of hydrazone groups is 1. The van der Waals surface area contributed by atoms with Crippen LogP contribution in [0.3, 0.4) is 0 Å². The van der Waals surface area contributed by atoms with Gasteiger partial charge in [0.25, 0.3) is 11.8 Å². The predicted octanol–water partition coefficient (Wildman–Crippen LogP) is 7.41. The largest absolute Gasteiger partial charge is 0.493 e. The summed E-state index contributed by atoms with van der Waals surface area (Å²) < 4.78 is 11.5. The number of benzene rings is 4. The number of amides is 2. The van der Waals surface area contributed by atoms with Crippen LogP contribution in [-0.4, -0.2) is 44.2 Å². The molecule has 47 heavy (non-hydrogen) atoms. The minimum Gasteiger partial charge on any atom is -0.493 e. The highest BCUT2D eigenvalue weighted by atomic mass is 79.9. The van der Waals surface area contributed by atoms with Crippen molar-refractivity contribution < 1.29 is 23.9 Å². The van der Waals surface area contributed by atoms with E-state index < -0.39 is 17.8 Å². The van der Waals surface area contributed by atoms with Crippen LogP contribution in [-0.2, 0) is 4.79 Å². The first-order valence-corrected chi connectivity index (χ1v) is 15.9. The number of hydrogen-bond acceptors (Lipinski definition) is 7. The van der Waals surface area contributed by atoms with E-state index in [0.717, 1.165) is 24.3 Å². The lowest BCUT2D eigenvalue weighted by Crippen LogP contribution is -2.33. The van der Waals surface area contributed by atoms with E-state index in [2.05, 4.69) is 50.5 Å². The van der Waals surface area contributed by atoms with E-state index in [-0.39, 0.29) is 27.8 Å². The van der Waals surface area contributed by atoms with Crippen molar-refractivity contribution in [1.82, 2.24) is 10.7 Å². The Morgan fingerprint density at radius 3 is 2.26 bits per heavy atom. The van der Waals surface area contributed by atoms with Gasteiger partial charge in [-0.05, 0) is 102 Å². The molecule has 0 aromatic heterocycles. The molecule has 0 aliphatic rings. The summed E-state index contributed by atoms with van der Waals surface area (Å²) in [5, 5.41) is 7.01. The molecule has 0 atom stereocenters. The van der Waals surface area contributed by atoms with E-state index in [4.69, 9.17) is 21.1 Å². The predicted molar refractivity (Wildman–Crippen MR) is 189 cm³/mol. The second kappa shape index (κ2) is 16.6. The lowest BCUT2D eigenvalue weighted by molar-refractivity contribution is -0.117. The van der Waals surface area contributed by atoms with Crippen molar-refractivity contribution in [3.63, 3.8) is 0 Å². The van der Waals surface area contributed by atoms with Crippen LogP contribution in [0.15, 0.2) is 100 Å². The summed E-state index contributed by atoms with van der Waals surface area (Å²) in [5.41, 5.74) is 6.32. The van der Waals surface area contributed by atoms with Gasteiger partial charge in [-0.3, -0.25) is 9.59 Å². The van der Waals surface area contributed by atoms with E-state index in [0.29, 0.717) is 21.2 Å². The van der Waals surface area contributed by atoms with E-state index in [1.54, 1.807) is 54.6 Å². The van der Waals surface area contributed by atoms with Crippen LogP contribution in [0.1, 0.15) is 51.3 Å². The summed E-state index contributed by atoms with van der Waals surface area (Å²) in [6, 6.07) is 24.5. The van der Waals surface area contributed by atoms with Gasteiger partial charge in [-0.2, -0.15) is 5.10 Å². The van der Waals surface area contributed by atoms with Crippen LogP contribution in [0.5, 0.6) is 11.5 Å². The monoisotopic (exact) mass is 716 g/mol. The zero-order valence-corrected chi connectivity index (χ0v) is 28.7. The van der Waals surface area contributed by atoms with Crippen molar-refractivity contribution in [2.24, 2.45) is 5.10 Å². The maximum atomic E-state index is 13.3. The summed E-state index contributed by atoms with van der Waals surface area (Å²) in [6.45, 7) is 7.80. The average molecular weight is 718 g/mol. The highest BCUT2D eigenvalue weighted by Gasteiger charge is 2.18. The van der Waals surface area contributed by atoms with Crippen LogP contribution >= 0.6 is 27.5 Å². The molecule has 2 N–H and O–H groups in total. The second-order valence-corrected chi connectivity index (χ2v) is 11.5. The smallest absolute Gasteiger partial charge is 0.343 e. The first-order chi connectivity index (χ1) is 22.6. The molecule has 0 saturated carbocycles. The molecule has 0 aliphatic carbocycles. The topological polar surface area (TPSA) is 109 Å². The van der Waals surface area contributed by atoms with Crippen molar-refractivity contribution >= 4 is 63.3 Å². The molecule has 0 aliphatic heterocycles. The Kier molecular flexibility index (Phi) is 12.3. The number of anilines is 1. The first kappa shape index (κ1) is 34.9. The number of rotatable bonds is 12. The number of halogens is 2. The summed E-state index contributed by atoms with van der Waals surface area (Å²) in [7, 11) is 1.45. The number of ether oxygens (including phenoxy) is 2. The van der Waals surface area contributed by atoms with Crippen LogP contribution in [0.4, 0.5) is 5.69 Å². The van der Waals surface area contributed by atoms with Gasteiger partial charge in [-0.1, -0.05) is 53.6 Å². The zero-order valence-electron chi connectivity index (χ0n) is 26.3. The molecular weight excluding hydrogens is 684 g/mol. The Hall–Kier alpha value is -4.93. The van der Waals surface area contributed by atoms with Crippen LogP contribution in [0.25, 0.3) is 6.08 Å². The summed E-state index contributed by atoms with van der Waals surface area (Å²) in [4.78, 5) is 41.3. The molecule has 4 aromatic carbocycles. The molecule has 11 heteroatoms. The number of esters is 1. The van der Waals surface area contributed by atoms with Gasteiger partial charge in [0.15, 0.2) is 11.5 Å². The molecular formula is C36H34BrClN4O5. The average Bonchev–Trinajstić information content (AvgIpc) is 3.07. The molecule has 2 amide bonds. The molecule has 4 aromatic rings. The number of carbonyl (C=O) groups is 3. The van der Waals surface area contributed by atoms with Crippen LogP contribution in [0, 0.1) is 6.92 Å². The van der Waals surface area contributed by atoms with Crippen LogP contribution < -0.4 is 25.1 Å². The SMILES string of the molecule is CCN(CC)c1ccc(/C=C(/NC(=O)c2ccccc2Cl)C(=O)N/N=C\c2cc(Br)c(OC(=O)c3ccc(C)cc3)c(OC)c2)cc1. The highest BCUT2D eigenvalue weighted by molar-refractivity contribution is 9.10. The minimum atomic E-state index is -0.663. The van der Waals surface area contributed by atoms with E-state index in [1.807, 2.05) is 43.3 Å². The van der Waals surface area contributed by atoms with Gasteiger partial charge in [0, 0.05) is 18.8 Å². The van der Waals surface area contributed by atoms with Gasteiger partial charge in [0.05, 0.1) is 33.9 Å². The lowest BCUT2D eigenvalue weighted by atomic mass is 10.1. The molecule has 4 rings (SSSR count). The Labute approximate surface area is 287 Å². The van der Waals surface area contributed by atoms with Gasteiger partial charge in [-0.15, -0.1) is 0 Å². The number of nitrogens with one attached hydrogen (secondary N) is 2. The Bertz CT molecular complexity index is 1800. The molecule has 0 radical (unpaired) electrons. The quantitative estimate of drug-likeness (QED) is 0.0520. The minimum absolute atomic E-state index is 0.0419. The summed E-state index contributed by atoms with van der Waals surface area (Å²) in [6.07, 6.45) is 2.95. The molecule has 9 nitrogen and oxygen atoms in total. The molecule has 0 spiro atoms. The first-order valence-electron chi connectivity index (χ1n) is 14.8. The van der Waals surface area contributed by atoms with Gasteiger partial charge in [0.1, 0.15) is 5.70 Å². The molecule has 0 unspecified atom stereocenters. The van der Waals surface area contributed by atoms with Crippen molar-refractivity contribution in [3.05, 3.63) is 128 Å². The van der Waals surface area contributed by atoms with E-state index in [1.165, 1.54) is 13.3 Å². The third-order valence-corrected chi connectivity index (χ3v) is 7.98. The molecule has 0 bridgehead atoms. The third kappa shape index (κ3) is 9.31. The fraction of sp³-hybridized carbons (Fsp3) is 0.167. The molecule has 0 fully saturated rings. The highest BCUT2D eigenvalue weighted by Crippen LogP contribution is 2.37. The van der Waals surface area contributed by atoms with Crippen molar-refractivity contribution in [2.75, 3.05) is 25.1 Å². The number of nitrogens with zero attached hydrogens (tertiary/aromatic N) is 2. The number of methoxy groups -OCH3 is 1. The molecule has 242 valence electrons. The summed E-state index contributed by atoms with van der Waals surface area (Å²) in [5.74, 6) is -1.29. The third-order valence-electron chi connectivity index (χ3n) is 7.06. The Morgan fingerprint density at radius 1 is 0.936 bits per heavy atom. The fourth-order valence-electron chi connectivity index (χ4n) is 4.51. The van der Waals surface area contributed by atoms with E-state index in [9.17, 15) is 14.4 Å². The maximum absolute atomic E-state index is 13.3. The van der Waals surface area contributed by atoms with Gasteiger partial charge in [0.2, 0.25) is 0 Å². The van der Waals surface area contributed by atoms with E-state index >= 15 is 0 Å². The Morgan fingerprint density at radius 2 is 1.62 bits per heavy atom. The second-order valence-electron chi connectivity index (χ2n) is 10.2. The van der Waals surface area contributed by atoms with Crippen molar-refractivity contribution in [1.29, 1.82) is 0 Å². The van der Waals surface area contributed by atoms with Crippen molar-refractivity contribution in [2.45, 2.75) is 20.8 Å². The van der Waals surface area contributed by atoms with Crippen molar-refractivity contribution in [3.8, 4) is 11.5 Å². The number of aryl methyl sites for hydroxylation is 1. The standard InChI is InChI=1S/C36H34BrClN4O5/c1-5-42(6-2)27-17-13-24(14-18-27)20-31(40-34(43)28-9-7-8-10-30(28)38)35(44)41-39-22-25-19-29(37)33(32(21-25)46-4)47-36(45)26-15-11-23(3)12-16-26/h7-22H,5-6H2,1-4H3,(H,40,43)(H,41,44)/b31-20+,39-22-. The zero-order chi connectivity index (χ0) is 33.9. The fourth-order valence-corrected chi connectivity index (χ4v) is 5.27.